The molecule has 0 saturated carbocycles. The van der Waals surface area contributed by atoms with Gasteiger partial charge in [0, 0.05) is 11.5 Å². The van der Waals surface area contributed by atoms with E-state index in [0.29, 0.717) is 0 Å². The van der Waals surface area contributed by atoms with Crippen LogP contribution in [0.2, 0.25) is 0 Å². The Bertz CT molecular complexity index is 415. The molecule has 0 radical (unpaired) electrons. The fourth-order valence-electron chi connectivity index (χ4n) is 0.869. The quantitative estimate of drug-likeness (QED) is 0.421. The van der Waals surface area contributed by atoms with Gasteiger partial charge in [-0.05, 0) is 10.8 Å². The van der Waals surface area contributed by atoms with Crippen molar-refractivity contribution < 1.29 is 19.8 Å². The molecule has 0 aliphatic rings. The molecule has 0 bridgehead atoms. The van der Waals surface area contributed by atoms with Crippen molar-refractivity contribution in [2.75, 3.05) is 11.5 Å². The molecule has 1 aromatic rings. The Balaban J connectivity index is 0.000000459. The Labute approximate surface area is 147 Å². The van der Waals surface area contributed by atoms with Crippen molar-refractivity contribution in [1.82, 2.24) is 0 Å². The molecule has 0 fully saturated rings. The third-order valence-corrected chi connectivity index (χ3v) is 5.18. The van der Waals surface area contributed by atoms with Gasteiger partial charge in [-0.25, -0.2) is 0 Å². The van der Waals surface area contributed by atoms with Crippen molar-refractivity contribution in [3.63, 3.8) is 0 Å². The van der Waals surface area contributed by atoms with Gasteiger partial charge in [-0.3, -0.25) is 9.59 Å². The zero-order valence-corrected chi connectivity index (χ0v) is 14.7. The maximum atomic E-state index is 10.3. The van der Waals surface area contributed by atoms with Crippen LogP contribution in [0.3, 0.4) is 0 Å². The maximum Gasteiger partial charge on any atom is 0.321 e. The van der Waals surface area contributed by atoms with Gasteiger partial charge in [0.2, 0.25) is 0 Å². The van der Waals surface area contributed by atoms with Gasteiger partial charge in [-0.2, -0.15) is 11.3 Å². The Kier molecular flexibility index (Phi) is 13.6. The fraction of sp³-hybridized carbons (Fsp3) is 0.286. The van der Waals surface area contributed by atoms with Gasteiger partial charge >= 0.3 is 11.9 Å². The number of nitrogens with two attached hydrogens (primary N) is 2. The molecule has 0 spiro atoms. The average Bonchev–Trinajstić information content (AvgIpc) is 2.67. The molecule has 9 heteroatoms. The standard InChI is InChI=1S/C8H8S.C6H12N2O4S2/c1-2-4-6-8-9-7-5-3-1;7-3(5(9)10)1-13-14-2-4(8)6(11)12/h1-8H;3-4H,1-2,7-8H2,(H,9,10)(H,11,12)/t;3-,4-/m.0/s1. The predicted molar refractivity (Wildman–Crippen MR) is 98.1 cm³/mol. The van der Waals surface area contributed by atoms with Gasteiger partial charge in [0.15, 0.2) is 0 Å². The summed E-state index contributed by atoms with van der Waals surface area (Å²) < 4.78 is 0. The summed E-state index contributed by atoms with van der Waals surface area (Å²) in [6.45, 7) is 0. The first-order valence-corrected chi connectivity index (χ1v) is 9.90. The maximum absolute atomic E-state index is 10.3. The lowest BCUT2D eigenvalue weighted by molar-refractivity contribution is -0.138. The zero-order chi connectivity index (χ0) is 17.5. The lowest BCUT2D eigenvalue weighted by atomic mass is 10.4. The van der Waals surface area contributed by atoms with Crippen molar-refractivity contribution in [1.29, 1.82) is 0 Å². The van der Waals surface area contributed by atoms with Crippen LogP contribution in [0.1, 0.15) is 0 Å². The van der Waals surface area contributed by atoms with Crippen LogP contribution < -0.4 is 11.5 Å². The van der Waals surface area contributed by atoms with Crippen molar-refractivity contribution in [2.45, 2.75) is 12.1 Å². The zero-order valence-electron chi connectivity index (χ0n) is 12.3. The Morgan fingerprint density at radius 2 is 1.17 bits per heavy atom. The molecule has 1 rings (SSSR count). The first-order valence-electron chi connectivity index (χ1n) is 6.46. The molecular weight excluding hydrogens is 356 g/mol. The summed E-state index contributed by atoms with van der Waals surface area (Å²) in [7, 11) is 2.41. The smallest absolute Gasteiger partial charge is 0.321 e. The monoisotopic (exact) mass is 376 g/mol. The van der Waals surface area contributed by atoms with Gasteiger partial charge < -0.3 is 21.7 Å². The molecule has 0 aliphatic heterocycles. The predicted octanol–water partition coefficient (Wildman–Crippen LogP) is 2.06. The van der Waals surface area contributed by atoms with Crippen molar-refractivity contribution in [3.8, 4) is 0 Å². The van der Waals surface area contributed by atoms with Gasteiger partial charge in [-0.1, -0.05) is 58.0 Å². The van der Waals surface area contributed by atoms with Crippen LogP contribution in [0.15, 0.2) is 47.2 Å². The first kappa shape index (κ1) is 21.7. The summed E-state index contributed by atoms with van der Waals surface area (Å²) in [5, 5.41) is 20.9. The second-order valence-electron chi connectivity index (χ2n) is 4.02. The van der Waals surface area contributed by atoms with E-state index in [1.54, 1.807) is 11.3 Å². The van der Waals surface area contributed by atoms with Crippen LogP contribution in [0, 0.1) is 0 Å². The number of carboxylic acids is 2. The van der Waals surface area contributed by atoms with E-state index in [4.69, 9.17) is 21.7 Å². The Morgan fingerprint density at radius 3 is 1.52 bits per heavy atom. The fourth-order valence-corrected chi connectivity index (χ4v) is 3.55. The van der Waals surface area contributed by atoms with Crippen molar-refractivity contribution >= 4 is 44.9 Å². The van der Waals surface area contributed by atoms with Gasteiger partial charge in [-0.15, -0.1) is 0 Å². The molecule has 0 aliphatic carbocycles. The van der Waals surface area contributed by atoms with E-state index in [0.717, 1.165) is 0 Å². The van der Waals surface area contributed by atoms with E-state index in [9.17, 15) is 9.59 Å². The summed E-state index contributed by atoms with van der Waals surface area (Å²) in [5.74, 6) is -1.68. The average molecular weight is 377 g/mol. The van der Waals surface area contributed by atoms with Gasteiger partial charge in [0.25, 0.3) is 0 Å². The molecule has 2 atom stereocenters. The highest BCUT2D eigenvalue weighted by Gasteiger charge is 2.14. The van der Waals surface area contributed by atoms with Gasteiger partial charge in [0.1, 0.15) is 12.1 Å². The normalized spacial score (nSPS) is 12.1. The molecule has 6 N–H and O–H groups in total. The first-order chi connectivity index (χ1) is 10.9. The van der Waals surface area contributed by atoms with E-state index in [1.807, 2.05) is 47.2 Å². The molecule has 0 amide bonds. The minimum absolute atomic E-state index is 0.229. The van der Waals surface area contributed by atoms with Crippen LogP contribution in [-0.4, -0.2) is 45.7 Å². The lowest BCUT2D eigenvalue weighted by Crippen LogP contribution is -2.33. The van der Waals surface area contributed by atoms with Crippen LogP contribution >= 0.6 is 32.9 Å². The molecule has 23 heavy (non-hydrogen) atoms. The van der Waals surface area contributed by atoms with Crippen LogP contribution in [0.25, 0.3) is 0 Å². The molecular formula is C14H20N2O4S3. The van der Waals surface area contributed by atoms with E-state index >= 15 is 0 Å². The van der Waals surface area contributed by atoms with E-state index in [1.165, 1.54) is 21.6 Å². The molecule has 0 unspecified atom stereocenters. The number of rotatable bonds is 7. The molecule has 1 aromatic heterocycles. The van der Waals surface area contributed by atoms with E-state index in [-0.39, 0.29) is 11.5 Å². The number of aliphatic carboxylic acids is 2. The lowest BCUT2D eigenvalue weighted by Gasteiger charge is -2.07. The summed E-state index contributed by atoms with van der Waals surface area (Å²) in [6, 6.07) is 10.2. The van der Waals surface area contributed by atoms with Crippen molar-refractivity contribution in [2.24, 2.45) is 11.5 Å². The molecule has 128 valence electrons. The summed E-state index contributed by atoms with van der Waals surface area (Å²) >= 11 is 1.68. The van der Waals surface area contributed by atoms with Crippen LogP contribution in [-0.2, 0) is 9.59 Å². The van der Waals surface area contributed by atoms with Crippen LogP contribution in [0.4, 0.5) is 0 Å². The summed E-state index contributed by atoms with van der Waals surface area (Å²) in [6.07, 6.45) is 0. The number of hydrogen-bond acceptors (Lipinski definition) is 7. The minimum Gasteiger partial charge on any atom is -0.480 e. The summed E-state index contributed by atoms with van der Waals surface area (Å²) in [4.78, 5) is 20.5. The van der Waals surface area contributed by atoms with E-state index < -0.39 is 24.0 Å². The second kappa shape index (κ2) is 14.3. The van der Waals surface area contributed by atoms with E-state index in [2.05, 4.69) is 0 Å². The topological polar surface area (TPSA) is 127 Å². The highest BCUT2D eigenvalue weighted by molar-refractivity contribution is 8.76. The minimum atomic E-state index is -1.07. The Morgan fingerprint density at radius 1 is 0.826 bits per heavy atom. The molecule has 6 nitrogen and oxygen atoms in total. The van der Waals surface area contributed by atoms with Crippen molar-refractivity contribution in [3.05, 3.63) is 47.2 Å². The third-order valence-electron chi connectivity index (χ3n) is 2.08. The molecule has 0 aromatic carbocycles. The third kappa shape index (κ3) is 14.1. The summed E-state index contributed by atoms with van der Waals surface area (Å²) in [5.41, 5.74) is 10.4. The largest absolute Gasteiger partial charge is 0.480 e. The Hall–Kier alpha value is -1.26. The number of carbonyl (C=O) groups is 2. The number of hydrogen-bond donors (Lipinski definition) is 4. The molecule has 0 saturated heterocycles. The highest BCUT2D eigenvalue weighted by Crippen LogP contribution is 2.22. The highest BCUT2D eigenvalue weighted by atomic mass is 33.1. The SMILES string of the molecule is N[C@@H](CSSC[C@H](N)C(=O)O)C(=O)O.c1ccccsccc1. The van der Waals surface area contributed by atoms with Gasteiger partial charge in [0.05, 0.1) is 0 Å². The molecule has 1 heterocycles. The number of carboxylic acid groups (broad SMARTS) is 2. The second-order valence-corrected chi connectivity index (χ2v) is 7.39. The van der Waals surface area contributed by atoms with Crippen LogP contribution in [0.5, 0.6) is 0 Å².